The van der Waals surface area contributed by atoms with Gasteiger partial charge in [0.25, 0.3) is 0 Å². The fraction of sp³-hybridized carbons (Fsp3) is 0.533. The molecule has 3 heterocycles. The van der Waals surface area contributed by atoms with Gasteiger partial charge in [-0.3, -0.25) is 4.79 Å². The Bertz CT molecular complexity index is 578. The highest BCUT2D eigenvalue weighted by atomic mass is 16.1. The van der Waals surface area contributed by atoms with Gasteiger partial charge in [0.2, 0.25) is 5.91 Å². The van der Waals surface area contributed by atoms with Gasteiger partial charge in [-0.25, -0.2) is 4.98 Å². The minimum absolute atomic E-state index is 0.181. The number of amides is 1. The first-order valence-corrected chi connectivity index (χ1v) is 7.09. The molecule has 2 aliphatic heterocycles. The van der Waals surface area contributed by atoms with Crippen LogP contribution >= 0.6 is 0 Å². The van der Waals surface area contributed by atoms with Gasteiger partial charge in [0, 0.05) is 31.2 Å². The predicted octanol–water partition coefficient (Wildman–Crippen LogP) is 1.37. The molecule has 5 nitrogen and oxygen atoms in total. The van der Waals surface area contributed by atoms with Crippen molar-refractivity contribution in [2.45, 2.75) is 32.2 Å². The number of nitriles is 1. The SMILES string of the molecule is Cc1cc(C#N)cc(N2CCC3NC(=O)CCC3C2)n1. The van der Waals surface area contributed by atoms with Crippen molar-refractivity contribution in [2.24, 2.45) is 5.92 Å². The summed E-state index contributed by atoms with van der Waals surface area (Å²) in [7, 11) is 0. The molecule has 1 aromatic rings. The second kappa shape index (κ2) is 5.12. The summed E-state index contributed by atoms with van der Waals surface area (Å²) in [6.07, 6.45) is 2.53. The lowest BCUT2D eigenvalue weighted by Gasteiger charge is -2.42. The summed E-state index contributed by atoms with van der Waals surface area (Å²) >= 11 is 0. The number of rotatable bonds is 1. The van der Waals surface area contributed by atoms with Crippen LogP contribution in [-0.4, -0.2) is 30.0 Å². The van der Waals surface area contributed by atoms with Crippen LogP contribution in [0.15, 0.2) is 12.1 Å². The molecule has 1 N–H and O–H groups in total. The molecule has 2 saturated heterocycles. The summed E-state index contributed by atoms with van der Waals surface area (Å²) in [6.45, 7) is 3.70. The van der Waals surface area contributed by atoms with E-state index in [1.54, 1.807) is 6.07 Å². The average Bonchev–Trinajstić information content (AvgIpc) is 2.46. The maximum absolute atomic E-state index is 11.4. The van der Waals surface area contributed by atoms with E-state index >= 15 is 0 Å². The predicted molar refractivity (Wildman–Crippen MR) is 75.2 cm³/mol. The van der Waals surface area contributed by atoms with Crippen LogP contribution in [-0.2, 0) is 4.79 Å². The molecule has 2 aliphatic rings. The first-order valence-electron chi connectivity index (χ1n) is 7.09. The standard InChI is InChI=1S/C15H18N4O/c1-10-6-11(8-16)7-14(17-10)19-5-4-13-12(9-19)2-3-15(20)18-13/h6-7,12-13H,2-5,9H2,1H3,(H,18,20). The largest absolute Gasteiger partial charge is 0.356 e. The van der Waals surface area contributed by atoms with Crippen LogP contribution in [0.1, 0.15) is 30.5 Å². The lowest BCUT2D eigenvalue weighted by molar-refractivity contribution is -0.124. The van der Waals surface area contributed by atoms with Crippen LogP contribution in [0.2, 0.25) is 0 Å². The van der Waals surface area contributed by atoms with Crippen molar-refractivity contribution in [3.63, 3.8) is 0 Å². The number of carbonyl (C=O) groups excluding carboxylic acids is 1. The summed E-state index contributed by atoms with van der Waals surface area (Å²) in [5.74, 6) is 1.56. The molecule has 2 fully saturated rings. The maximum Gasteiger partial charge on any atom is 0.220 e. The molecule has 0 radical (unpaired) electrons. The zero-order chi connectivity index (χ0) is 14.1. The van der Waals surface area contributed by atoms with Gasteiger partial charge in [-0.05, 0) is 37.8 Å². The van der Waals surface area contributed by atoms with E-state index in [4.69, 9.17) is 5.26 Å². The third-order valence-electron chi connectivity index (χ3n) is 4.22. The molecule has 5 heteroatoms. The zero-order valence-corrected chi connectivity index (χ0v) is 11.6. The van der Waals surface area contributed by atoms with E-state index in [1.165, 1.54) is 0 Å². The van der Waals surface area contributed by atoms with E-state index in [0.29, 0.717) is 23.9 Å². The Morgan fingerprint density at radius 3 is 3.10 bits per heavy atom. The number of aryl methyl sites for hydroxylation is 1. The Morgan fingerprint density at radius 1 is 1.45 bits per heavy atom. The molecule has 0 bridgehead atoms. The molecule has 2 unspecified atom stereocenters. The highest BCUT2D eigenvalue weighted by Crippen LogP contribution is 2.28. The van der Waals surface area contributed by atoms with Crippen LogP contribution in [0.4, 0.5) is 5.82 Å². The minimum Gasteiger partial charge on any atom is -0.356 e. The van der Waals surface area contributed by atoms with E-state index in [-0.39, 0.29) is 5.91 Å². The smallest absolute Gasteiger partial charge is 0.220 e. The molecule has 0 aliphatic carbocycles. The molecule has 1 amide bonds. The van der Waals surface area contributed by atoms with Gasteiger partial charge >= 0.3 is 0 Å². The van der Waals surface area contributed by atoms with Crippen molar-refractivity contribution >= 4 is 11.7 Å². The number of nitrogens with one attached hydrogen (secondary N) is 1. The highest BCUT2D eigenvalue weighted by molar-refractivity contribution is 5.77. The van der Waals surface area contributed by atoms with Crippen LogP contribution in [0.3, 0.4) is 0 Å². The van der Waals surface area contributed by atoms with Gasteiger partial charge in [-0.1, -0.05) is 0 Å². The number of hydrogen-bond donors (Lipinski definition) is 1. The Morgan fingerprint density at radius 2 is 2.30 bits per heavy atom. The van der Waals surface area contributed by atoms with E-state index in [0.717, 1.165) is 37.4 Å². The van der Waals surface area contributed by atoms with Crippen LogP contribution < -0.4 is 10.2 Å². The summed E-state index contributed by atoms with van der Waals surface area (Å²) in [6, 6.07) is 6.16. The first kappa shape index (κ1) is 12.9. The molecule has 0 saturated carbocycles. The third kappa shape index (κ3) is 2.46. The first-order chi connectivity index (χ1) is 9.65. The molecule has 2 atom stereocenters. The van der Waals surface area contributed by atoms with Gasteiger partial charge in [0.05, 0.1) is 11.6 Å². The van der Waals surface area contributed by atoms with Crippen molar-refractivity contribution in [1.29, 1.82) is 5.26 Å². The number of piperidine rings is 2. The van der Waals surface area contributed by atoms with Crippen molar-refractivity contribution in [3.8, 4) is 6.07 Å². The van der Waals surface area contributed by atoms with E-state index in [9.17, 15) is 4.79 Å². The molecule has 104 valence electrons. The number of fused-ring (bicyclic) bond motifs is 1. The summed E-state index contributed by atoms with van der Waals surface area (Å²) < 4.78 is 0. The Labute approximate surface area is 118 Å². The van der Waals surface area contributed by atoms with Gasteiger partial charge < -0.3 is 10.2 Å². The highest BCUT2D eigenvalue weighted by Gasteiger charge is 2.34. The van der Waals surface area contributed by atoms with Crippen molar-refractivity contribution in [2.75, 3.05) is 18.0 Å². The fourth-order valence-corrected chi connectivity index (χ4v) is 3.20. The third-order valence-corrected chi connectivity index (χ3v) is 4.22. The number of hydrogen-bond acceptors (Lipinski definition) is 4. The minimum atomic E-state index is 0.181. The van der Waals surface area contributed by atoms with Crippen LogP contribution in [0.5, 0.6) is 0 Å². The quantitative estimate of drug-likeness (QED) is 0.836. The Balaban J connectivity index is 1.78. The van der Waals surface area contributed by atoms with Crippen LogP contribution in [0, 0.1) is 24.2 Å². The molecule has 0 spiro atoms. The number of pyridine rings is 1. The topological polar surface area (TPSA) is 69.0 Å². The van der Waals surface area contributed by atoms with Gasteiger partial charge in [0.1, 0.15) is 5.82 Å². The lowest BCUT2D eigenvalue weighted by atomic mass is 9.85. The fourth-order valence-electron chi connectivity index (χ4n) is 3.20. The Hall–Kier alpha value is -2.09. The second-order valence-corrected chi connectivity index (χ2v) is 5.67. The zero-order valence-electron chi connectivity index (χ0n) is 11.6. The number of anilines is 1. The number of carbonyl (C=O) groups is 1. The second-order valence-electron chi connectivity index (χ2n) is 5.67. The van der Waals surface area contributed by atoms with Gasteiger partial charge in [-0.15, -0.1) is 0 Å². The molecular formula is C15H18N4O. The molecule has 0 aromatic carbocycles. The van der Waals surface area contributed by atoms with Gasteiger partial charge in [0.15, 0.2) is 0 Å². The molecule has 20 heavy (non-hydrogen) atoms. The maximum atomic E-state index is 11.4. The molecular weight excluding hydrogens is 252 g/mol. The monoisotopic (exact) mass is 270 g/mol. The molecule has 3 rings (SSSR count). The number of nitrogens with zero attached hydrogens (tertiary/aromatic N) is 3. The van der Waals surface area contributed by atoms with Crippen molar-refractivity contribution in [3.05, 3.63) is 23.4 Å². The van der Waals surface area contributed by atoms with E-state index in [1.807, 2.05) is 13.0 Å². The van der Waals surface area contributed by atoms with Gasteiger partial charge in [-0.2, -0.15) is 5.26 Å². The summed E-state index contributed by atoms with van der Waals surface area (Å²) in [5.41, 5.74) is 1.53. The van der Waals surface area contributed by atoms with Crippen LogP contribution in [0.25, 0.3) is 0 Å². The Kier molecular flexibility index (Phi) is 3.31. The van der Waals surface area contributed by atoms with E-state index < -0.39 is 0 Å². The van der Waals surface area contributed by atoms with Crippen molar-refractivity contribution < 1.29 is 4.79 Å². The summed E-state index contributed by atoms with van der Waals surface area (Å²) in [4.78, 5) is 18.2. The van der Waals surface area contributed by atoms with Crippen molar-refractivity contribution in [1.82, 2.24) is 10.3 Å². The normalized spacial score (nSPS) is 25.6. The lowest BCUT2D eigenvalue weighted by Crippen LogP contribution is -2.54. The average molecular weight is 270 g/mol. The number of aromatic nitrogens is 1. The summed E-state index contributed by atoms with van der Waals surface area (Å²) in [5, 5.41) is 12.1. The molecule has 1 aromatic heterocycles. The van der Waals surface area contributed by atoms with E-state index in [2.05, 4.69) is 21.3 Å².